The van der Waals surface area contributed by atoms with Gasteiger partial charge in [-0.3, -0.25) is 0 Å². The molecular weight excluding hydrogens is 173 g/mol. The molecule has 0 rings (SSSR count). The van der Waals surface area contributed by atoms with Gasteiger partial charge in [-0.05, 0) is 12.8 Å². The largest absolute Gasteiger partial charge is 1.00 e. The van der Waals surface area contributed by atoms with Crippen molar-refractivity contribution in [3.63, 3.8) is 0 Å². The van der Waals surface area contributed by atoms with E-state index in [-0.39, 0.29) is 31.9 Å². The first kappa shape index (κ1) is 15.8. The van der Waals surface area contributed by atoms with Crippen LogP contribution in [0.15, 0.2) is 0 Å². The fraction of sp³-hybridized carbons (Fsp3) is 0.667. The molecule has 0 spiro atoms. The molecule has 0 unspecified atom stereocenters. The van der Waals surface area contributed by atoms with Crippen molar-refractivity contribution in [2.75, 3.05) is 0 Å². The summed E-state index contributed by atoms with van der Waals surface area (Å²) in [6, 6.07) is 0. The second-order valence-corrected chi connectivity index (χ2v) is 1.28. The summed E-state index contributed by atoms with van der Waals surface area (Å²) in [6.07, 6.45) is 9.57. The van der Waals surface area contributed by atoms with E-state index in [0.717, 1.165) is 12.8 Å². The van der Waals surface area contributed by atoms with Gasteiger partial charge in [0, 0.05) is 25.9 Å². The first-order valence-electron chi connectivity index (χ1n) is 2.31. The molecule has 43 valence electrons. The molecule has 0 aliphatic heterocycles. The molecule has 1 radical (unpaired) electrons. The van der Waals surface area contributed by atoms with Crippen LogP contribution in [0.1, 0.15) is 26.2 Å². The van der Waals surface area contributed by atoms with Crippen LogP contribution in [0, 0.1) is 12.3 Å². The van der Waals surface area contributed by atoms with E-state index < -0.39 is 0 Å². The SMILES string of the molecule is [C]#CCCCC.[Cl-].[Zn]. The fourth-order valence-electron chi connectivity index (χ4n) is 0.265. The first-order chi connectivity index (χ1) is 2.91. The molecule has 8 heavy (non-hydrogen) atoms. The van der Waals surface area contributed by atoms with Crippen molar-refractivity contribution in [2.45, 2.75) is 26.2 Å². The molecule has 0 saturated carbocycles. The molecular formula is C6H9ClZn-. The second kappa shape index (κ2) is 15.6. The average Bonchev–Trinajstić information content (AvgIpc) is 1.61. The molecule has 0 aromatic rings. The number of hydrogen-bond donors (Lipinski definition) is 0. The topological polar surface area (TPSA) is 0 Å². The number of halogens is 1. The summed E-state index contributed by atoms with van der Waals surface area (Å²) >= 11 is 0. The monoisotopic (exact) mass is 180 g/mol. The van der Waals surface area contributed by atoms with Gasteiger partial charge in [0.25, 0.3) is 0 Å². The summed E-state index contributed by atoms with van der Waals surface area (Å²) in [5, 5.41) is 0. The Balaban J connectivity index is -0.000000125. The Labute approximate surface area is 70.6 Å². The molecule has 0 aromatic heterocycles. The van der Waals surface area contributed by atoms with Gasteiger partial charge >= 0.3 is 0 Å². The smallest absolute Gasteiger partial charge is 0.00988 e. The molecule has 0 aliphatic rings. The third-order valence-electron chi connectivity index (χ3n) is 0.655. The molecule has 0 aliphatic carbocycles. The minimum atomic E-state index is 0. The van der Waals surface area contributed by atoms with Gasteiger partial charge in [-0.25, -0.2) is 0 Å². The van der Waals surface area contributed by atoms with Crippen LogP contribution in [0.5, 0.6) is 0 Å². The zero-order valence-corrected chi connectivity index (χ0v) is 8.93. The van der Waals surface area contributed by atoms with Crippen molar-refractivity contribution in [2.24, 2.45) is 0 Å². The second-order valence-electron chi connectivity index (χ2n) is 1.28. The Morgan fingerprint density at radius 2 is 2.00 bits per heavy atom. The minimum absolute atomic E-state index is 0. The quantitative estimate of drug-likeness (QED) is 0.285. The van der Waals surface area contributed by atoms with Gasteiger partial charge in [0.05, 0.1) is 0 Å². The standard InChI is InChI=1S/C6H9.ClH.Zn/c1-3-5-6-4-2;;/h3,5-6H2,1H3;1H;/p-1. The molecule has 0 saturated heterocycles. The van der Waals surface area contributed by atoms with Crippen LogP contribution in [0.4, 0.5) is 0 Å². The molecule has 0 heterocycles. The van der Waals surface area contributed by atoms with Crippen LogP contribution in [0.25, 0.3) is 0 Å². The normalized spacial score (nSPS) is 5.50. The van der Waals surface area contributed by atoms with Crippen LogP contribution in [0.3, 0.4) is 0 Å². The van der Waals surface area contributed by atoms with Crippen molar-refractivity contribution in [3.8, 4) is 5.92 Å². The Morgan fingerprint density at radius 1 is 1.50 bits per heavy atom. The Hall–Kier alpha value is 0.473. The molecule has 2 heteroatoms. The Morgan fingerprint density at radius 3 is 2.12 bits per heavy atom. The van der Waals surface area contributed by atoms with Crippen molar-refractivity contribution in [3.05, 3.63) is 6.42 Å². The van der Waals surface area contributed by atoms with Crippen molar-refractivity contribution in [1.82, 2.24) is 0 Å². The van der Waals surface area contributed by atoms with E-state index in [1.165, 1.54) is 6.42 Å². The predicted molar refractivity (Wildman–Crippen MR) is 26.7 cm³/mol. The molecule has 0 aromatic carbocycles. The molecule has 0 amide bonds. The van der Waals surface area contributed by atoms with Gasteiger partial charge in [-0.2, -0.15) is 0 Å². The van der Waals surface area contributed by atoms with Gasteiger partial charge in [-0.15, -0.1) is 0 Å². The fourth-order valence-corrected chi connectivity index (χ4v) is 0.265. The van der Waals surface area contributed by atoms with E-state index in [1.807, 2.05) is 0 Å². The third kappa shape index (κ3) is 16.1. The van der Waals surface area contributed by atoms with E-state index >= 15 is 0 Å². The Bertz CT molecular complexity index is 56.0. The summed E-state index contributed by atoms with van der Waals surface area (Å²) in [4.78, 5) is 0. The molecule has 0 bridgehead atoms. The van der Waals surface area contributed by atoms with Crippen molar-refractivity contribution < 1.29 is 31.9 Å². The maximum absolute atomic E-state index is 6.46. The summed E-state index contributed by atoms with van der Waals surface area (Å²) in [5.74, 6) is 2.32. The van der Waals surface area contributed by atoms with Crippen LogP contribution in [-0.2, 0) is 19.5 Å². The van der Waals surface area contributed by atoms with Gasteiger partial charge in [0.1, 0.15) is 0 Å². The Kier molecular flexibility index (Phi) is 30.9. The summed E-state index contributed by atoms with van der Waals surface area (Å²) in [5.41, 5.74) is 0. The van der Waals surface area contributed by atoms with Crippen molar-refractivity contribution >= 4 is 0 Å². The van der Waals surface area contributed by atoms with Crippen LogP contribution >= 0.6 is 0 Å². The zero-order valence-electron chi connectivity index (χ0n) is 5.21. The van der Waals surface area contributed by atoms with Crippen LogP contribution < -0.4 is 12.4 Å². The molecule has 0 fully saturated rings. The zero-order chi connectivity index (χ0) is 4.83. The van der Waals surface area contributed by atoms with E-state index in [2.05, 4.69) is 12.8 Å². The third-order valence-corrected chi connectivity index (χ3v) is 0.655. The van der Waals surface area contributed by atoms with Gasteiger partial charge in [0.15, 0.2) is 0 Å². The van der Waals surface area contributed by atoms with Crippen molar-refractivity contribution in [1.29, 1.82) is 0 Å². The maximum atomic E-state index is 6.46. The number of hydrogen-bond acceptors (Lipinski definition) is 0. The van der Waals surface area contributed by atoms with E-state index in [0.29, 0.717) is 0 Å². The number of unbranched alkanes of at least 4 members (excludes halogenated alkanes) is 2. The van der Waals surface area contributed by atoms with E-state index in [4.69, 9.17) is 6.42 Å². The first-order valence-corrected chi connectivity index (χ1v) is 2.31. The molecule has 0 nitrogen and oxygen atoms in total. The van der Waals surface area contributed by atoms with Crippen LogP contribution in [0.2, 0.25) is 0 Å². The molecule has 0 atom stereocenters. The number of rotatable bonds is 2. The molecule has 0 N–H and O–H groups in total. The summed E-state index contributed by atoms with van der Waals surface area (Å²) in [7, 11) is 0. The maximum Gasteiger partial charge on any atom is 0.00988 e. The van der Waals surface area contributed by atoms with Crippen LogP contribution in [-0.4, -0.2) is 0 Å². The predicted octanol–water partition coefficient (Wildman–Crippen LogP) is -1.23. The van der Waals surface area contributed by atoms with E-state index in [9.17, 15) is 0 Å². The van der Waals surface area contributed by atoms with Gasteiger partial charge in [0.2, 0.25) is 0 Å². The van der Waals surface area contributed by atoms with Gasteiger partial charge < -0.3 is 12.4 Å². The average molecular weight is 182 g/mol. The summed E-state index contributed by atoms with van der Waals surface area (Å²) in [6.45, 7) is 2.11. The van der Waals surface area contributed by atoms with Gasteiger partial charge in [-0.1, -0.05) is 19.3 Å². The van der Waals surface area contributed by atoms with E-state index in [1.54, 1.807) is 0 Å². The minimum Gasteiger partial charge on any atom is -1.00 e. The summed E-state index contributed by atoms with van der Waals surface area (Å²) < 4.78 is 0.